The number of anilines is 1. The molecule has 1 aromatic rings. The van der Waals surface area contributed by atoms with Gasteiger partial charge in [-0.15, -0.1) is 10.2 Å². The minimum absolute atomic E-state index is 0.137. The summed E-state index contributed by atoms with van der Waals surface area (Å²) in [5.41, 5.74) is 0. The standard InChI is InChI=1S/C5H6N3OS2/c1-3(9)6-4-7-8-5(10-2)11-4/h2H2,1H3,(H,6,7,9). The van der Waals surface area contributed by atoms with Crippen molar-refractivity contribution in [1.82, 2.24) is 10.2 Å². The second kappa shape index (κ2) is 3.68. The number of aromatic nitrogens is 2. The third-order valence-electron chi connectivity index (χ3n) is 0.813. The van der Waals surface area contributed by atoms with Gasteiger partial charge in [0.25, 0.3) is 0 Å². The summed E-state index contributed by atoms with van der Waals surface area (Å²) in [5.74, 6) is -0.137. The van der Waals surface area contributed by atoms with Crippen molar-refractivity contribution >= 4 is 34.1 Å². The van der Waals surface area contributed by atoms with Crippen LogP contribution in [0, 0.1) is 6.26 Å². The van der Waals surface area contributed by atoms with Crippen molar-refractivity contribution < 1.29 is 4.79 Å². The van der Waals surface area contributed by atoms with Crippen LogP contribution in [0.2, 0.25) is 0 Å². The number of hydrogen-bond acceptors (Lipinski definition) is 5. The fraction of sp³-hybridized carbons (Fsp3) is 0.200. The molecule has 1 amide bonds. The molecule has 0 fully saturated rings. The lowest BCUT2D eigenvalue weighted by molar-refractivity contribution is -0.114. The predicted octanol–water partition coefficient (Wildman–Crippen LogP) is 1.38. The molecule has 0 saturated heterocycles. The Morgan fingerprint density at radius 1 is 1.73 bits per heavy atom. The fourth-order valence-electron chi connectivity index (χ4n) is 0.469. The van der Waals surface area contributed by atoms with E-state index in [-0.39, 0.29) is 5.91 Å². The lowest BCUT2D eigenvalue weighted by atomic mass is 10.7. The zero-order valence-corrected chi connectivity index (χ0v) is 7.46. The highest BCUT2D eigenvalue weighted by molar-refractivity contribution is 8.02. The lowest BCUT2D eigenvalue weighted by Crippen LogP contribution is -2.04. The van der Waals surface area contributed by atoms with Crippen molar-refractivity contribution in [1.29, 1.82) is 0 Å². The third kappa shape index (κ3) is 2.47. The van der Waals surface area contributed by atoms with Gasteiger partial charge in [-0.25, -0.2) is 0 Å². The Kier molecular flexibility index (Phi) is 2.84. The number of nitrogens with zero attached hydrogens (tertiary/aromatic N) is 2. The second-order valence-electron chi connectivity index (χ2n) is 1.70. The van der Waals surface area contributed by atoms with Gasteiger partial charge in [0.15, 0.2) is 4.34 Å². The molecule has 1 radical (unpaired) electrons. The van der Waals surface area contributed by atoms with E-state index in [1.807, 2.05) is 0 Å². The second-order valence-corrected chi connectivity index (χ2v) is 3.61. The molecule has 1 heterocycles. The van der Waals surface area contributed by atoms with Crippen LogP contribution in [-0.2, 0) is 4.79 Å². The molecule has 0 spiro atoms. The molecule has 0 aliphatic carbocycles. The molecular weight excluding hydrogens is 182 g/mol. The monoisotopic (exact) mass is 188 g/mol. The van der Waals surface area contributed by atoms with Crippen LogP contribution in [-0.4, -0.2) is 16.1 Å². The van der Waals surface area contributed by atoms with Gasteiger partial charge >= 0.3 is 0 Å². The highest BCUT2D eigenvalue weighted by Crippen LogP contribution is 2.23. The molecule has 1 aromatic heterocycles. The minimum atomic E-state index is -0.137. The smallest absolute Gasteiger partial charge is 0.223 e. The van der Waals surface area contributed by atoms with E-state index in [0.29, 0.717) is 5.13 Å². The molecule has 0 aromatic carbocycles. The van der Waals surface area contributed by atoms with Crippen LogP contribution in [0.4, 0.5) is 5.13 Å². The van der Waals surface area contributed by atoms with Crippen LogP contribution in [0.5, 0.6) is 0 Å². The third-order valence-corrected chi connectivity index (χ3v) is 2.38. The summed E-state index contributed by atoms with van der Waals surface area (Å²) in [6.45, 7) is 1.43. The summed E-state index contributed by atoms with van der Waals surface area (Å²) in [7, 11) is 0. The van der Waals surface area contributed by atoms with E-state index < -0.39 is 0 Å². The van der Waals surface area contributed by atoms with Gasteiger partial charge in [-0.2, -0.15) is 0 Å². The normalized spacial score (nSPS) is 9.64. The zero-order valence-electron chi connectivity index (χ0n) is 5.83. The van der Waals surface area contributed by atoms with Crippen LogP contribution in [0.1, 0.15) is 6.92 Å². The SMILES string of the molecule is [CH2]Sc1nnc(NC(C)=O)s1. The van der Waals surface area contributed by atoms with Crippen molar-refractivity contribution in [2.24, 2.45) is 0 Å². The first-order chi connectivity index (χ1) is 5.22. The zero-order chi connectivity index (χ0) is 8.27. The Morgan fingerprint density at radius 2 is 2.45 bits per heavy atom. The Morgan fingerprint density at radius 3 is 2.91 bits per heavy atom. The topological polar surface area (TPSA) is 54.9 Å². The first kappa shape index (κ1) is 8.48. The van der Waals surface area contributed by atoms with Gasteiger partial charge in [0.1, 0.15) is 0 Å². The summed E-state index contributed by atoms with van der Waals surface area (Å²) in [4.78, 5) is 10.5. The maximum absolute atomic E-state index is 10.5. The van der Waals surface area contributed by atoms with Crippen LogP contribution in [0.25, 0.3) is 0 Å². The summed E-state index contributed by atoms with van der Waals surface area (Å²) < 4.78 is 0.744. The van der Waals surface area contributed by atoms with Gasteiger partial charge in [0, 0.05) is 13.2 Å². The van der Waals surface area contributed by atoms with Crippen LogP contribution >= 0.6 is 23.1 Å². The molecule has 11 heavy (non-hydrogen) atoms. The number of hydrogen-bond donors (Lipinski definition) is 1. The average Bonchev–Trinajstić information content (AvgIpc) is 2.34. The number of amides is 1. The van der Waals surface area contributed by atoms with Crippen molar-refractivity contribution in [3.8, 4) is 0 Å². The van der Waals surface area contributed by atoms with Crippen molar-refractivity contribution in [3.63, 3.8) is 0 Å². The molecule has 0 aliphatic rings. The van der Waals surface area contributed by atoms with Gasteiger partial charge in [-0.05, 0) is 0 Å². The van der Waals surface area contributed by atoms with Crippen molar-refractivity contribution in [2.75, 3.05) is 5.32 Å². The quantitative estimate of drug-likeness (QED) is 0.562. The first-order valence-corrected chi connectivity index (χ1v) is 4.55. The summed E-state index contributed by atoms with van der Waals surface area (Å²) >= 11 is 2.57. The molecule has 0 atom stereocenters. The highest BCUT2D eigenvalue weighted by Gasteiger charge is 2.02. The predicted molar refractivity (Wildman–Crippen MR) is 45.4 cm³/mol. The molecular formula is C5H6N3OS2. The highest BCUT2D eigenvalue weighted by atomic mass is 32.2. The molecule has 4 nitrogen and oxygen atoms in total. The summed E-state index contributed by atoms with van der Waals surface area (Å²) in [5, 5.41) is 10.5. The van der Waals surface area contributed by atoms with E-state index >= 15 is 0 Å². The van der Waals surface area contributed by atoms with Gasteiger partial charge in [-0.3, -0.25) is 4.79 Å². The number of carbonyl (C=O) groups excluding carboxylic acids is 1. The van der Waals surface area contributed by atoms with Gasteiger partial charge in [0.2, 0.25) is 11.0 Å². The van der Waals surface area contributed by atoms with Crippen molar-refractivity contribution in [3.05, 3.63) is 6.26 Å². The Balaban J connectivity index is 2.65. The molecule has 1 N–H and O–H groups in total. The summed E-state index contributed by atoms with van der Waals surface area (Å²) in [6, 6.07) is 0. The van der Waals surface area contributed by atoms with E-state index in [4.69, 9.17) is 0 Å². The Hall–Kier alpha value is -0.620. The Bertz CT molecular complexity index is 260. The maximum atomic E-state index is 10.5. The molecule has 0 aliphatic heterocycles. The molecule has 0 saturated carbocycles. The van der Waals surface area contributed by atoms with E-state index in [9.17, 15) is 4.79 Å². The molecule has 6 heteroatoms. The van der Waals surface area contributed by atoms with E-state index in [1.165, 1.54) is 30.0 Å². The van der Waals surface area contributed by atoms with Crippen LogP contribution < -0.4 is 5.32 Å². The molecule has 1 rings (SSSR count). The molecule has 59 valence electrons. The minimum Gasteiger partial charge on any atom is -0.301 e. The number of carbonyl (C=O) groups is 1. The molecule has 0 bridgehead atoms. The largest absolute Gasteiger partial charge is 0.301 e. The van der Waals surface area contributed by atoms with Crippen molar-refractivity contribution in [2.45, 2.75) is 11.3 Å². The van der Waals surface area contributed by atoms with Gasteiger partial charge in [-0.1, -0.05) is 23.1 Å². The van der Waals surface area contributed by atoms with E-state index in [0.717, 1.165) is 4.34 Å². The van der Waals surface area contributed by atoms with Crippen LogP contribution in [0.3, 0.4) is 0 Å². The lowest BCUT2D eigenvalue weighted by Gasteiger charge is -1.90. The van der Waals surface area contributed by atoms with Crippen LogP contribution in [0.15, 0.2) is 4.34 Å². The maximum Gasteiger partial charge on any atom is 0.223 e. The van der Waals surface area contributed by atoms with Gasteiger partial charge in [0.05, 0.1) is 0 Å². The fourth-order valence-corrected chi connectivity index (χ4v) is 1.56. The molecule has 0 unspecified atom stereocenters. The summed E-state index contributed by atoms with van der Waals surface area (Å²) in [6.07, 6.45) is 3.56. The van der Waals surface area contributed by atoms with E-state index in [1.54, 1.807) is 0 Å². The Labute approximate surface area is 72.4 Å². The van der Waals surface area contributed by atoms with Gasteiger partial charge < -0.3 is 5.32 Å². The number of rotatable bonds is 2. The number of nitrogens with one attached hydrogen (secondary N) is 1. The number of thioether (sulfide) groups is 1. The average molecular weight is 188 g/mol. The first-order valence-electron chi connectivity index (χ1n) is 2.75. The van der Waals surface area contributed by atoms with E-state index in [2.05, 4.69) is 21.8 Å².